The molecule has 7 heteroatoms. The predicted molar refractivity (Wildman–Crippen MR) is 87.8 cm³/mol. The van der Waals surface area contributed by atoms with Gasteiger partial charge in [-0.3, -0.25) is 0 Å². The summed E-state index contributed by atoms with van der Waals surface area (Å²) in [5.74, 6) is -3.78. The molecule has 1 aliphatic rings. The molecule has 1 atom stereocenters. The minimum atomic E-state index is -3.29. The van der Waals surface area contributed by atoms with E-state index in [0.29, 0.717) is 10.5 Å². The van der Waals surface area contributed by atoms with E-state index in [1.54, 1.807) is 19.2 Å². The van der Waals surface area contributed by atoms with Crippen molar-refractivity contribution in [1.29, 1.82) is 5.26 Å². The molecule has 0 heterocycles. The third-order valence-electron chi connectivity index (χ3n) is 4.09. The molecule has 3 rings (SSSR count). The van der Waals surface area contributed by atoms with Crippen molar-refractivity contribution in [1.82, 2.24) is 0 Å². The number of hydrogen-bond donors (Lipinski definition) is 1. The summed E-state index contributed by atoms with van der Waals surface area (Å²) >= 11 is 1.28. The van der Waals surface area contributed by atoms with E-state index in [0.717, 1.165) is 12.1 Å². The number of ether oxygens (including phenoxy) is 1. The van der Waals surface area contributed by atoms with E-state index in [2.05, 4.69) is 0 Å². The number of aliphatic hydroxyl groups is 1. The number of fused-ring (bicyclic) bond motifs is 1. The molecule has 0 aliphatic heterocycles. The molecule has 0 spiro atoms. The van der Waals surface area contributed by atoms with E-state index in [1.165, 1.54) is 17.8 Å². The van der Waals surface area contributed by atoms with Crippen molar-refractivity contribution in [2.75, 3.05) is 6.26 Å². The summed E-state index contributed by atoms with van der Waals surface area (Å²) in [5.41, 5.74) is 1.10. The van der Waals surface area contributed by atoms with Crippen molar-refractivity contribution in [2.24, 2.45) is 0 Å². The van der Waals surface area contributed by atoms with Gasteiger partial charge in [-0.2, -0.15) is 5.26 Å². The van der Waals surface area contributed by atoms with Crippen LogP contribution in [0.15, 0.2) is 29.2 Å². The normalized spacial score (nSPS) is 17.9. The first-order chi connectivity index (χ1) is 11.8. The second-order valence-corrected chi connectivity index (χ2v) is 6.66. The third kappa shape index (κ3) is 3.08. The molecule has 0 saturated heterocycles. The van der Waals surface area contributed by atoms with Gasteiger partial charge in [0.15, 0.2) is 0 Å². The van der Waals surface area contributed by atoms with Gasteiger partial charge < -0.3 is 9.84 Å². The fourth-order valence-corrected chi connectivity index (χ4v) is 3.86. The van der Waals surface area contributed by atoms with Crippen molar-refractivity contribution in [3.8, 4) is 17.6 Å². The number of benzene rings is 2. The van der Waals surface area contributed by atoms with Crippen molar-refractivity contribution in [2.45, 2.75) is 30.3 Å². The van der Waals surface area contributed by atoms with E-state index in [1.807, 2.05) is 6.07 Å². The largest absolute Gasteiger partial charge is 0.457 e. The summed E-state index contributed by atoms with van der Waals surface area (Å²) in [4.78, 5) is 0.587. The van der Waals surface area contributed by atoms with Crippen LogP contribution >= 0.6 is 11.8 Å². The zero-order valence-corrected chi connectivity index (χ0v) is 14.3. The fourth-order valence-electron chi connectivity index (χ4n) is 3.02. The van der Waals surface area contributed by atoms with Crippen LogP contribution in [0.2, 0.25) is 0 Å². The molecular weight excluding hydrogens is 351 g/mol. The Kier molecular flexibility index (Phi) is 4.43. The number of hydrogen-bond acceptors (Lipinski definition) is 4. The first-order valence-corrected chi connectivity index (χ1v) is 8.64. The molecule has 1 unspecified atom stereocenters. The molecule has 0 aromatic heterocycles. The number of halogens is 3. The first-order valence-electron chi connectivity index (χ1n) is 7.41. The van der Waals surface area contributed by atoms with Crippen LogP contribution in [0.25, 0.3) is 0 Å². The van der Waals surface area contributed by atoms with Crippen LogP contribution in [0.4, 0.5) is 13.2 Å². The molecule has 25 heavy (non-hydrogen) atoms. The average Bonchev–Trinajstić information content (AvgIpc) is 2.78. The molecular formula is C18H14F3NO2S. The summed E-state index contributed by atoms with van der Waals surface area (Å²) in [7, 11) is 0. The highest BCUT2D eigenvalue weighted by atomic mass is 32.2. The Morgan fingerprint density at radius 3 is 2.68 bits per heavy atom. The van der Waals surface area contributed by atoms with Gasteiger partial charge in [-0.05, 0) is 36.9 Å². The predicted octanol–water partition coefficient (Wildman–Crippen LogP) is 4.74. The van der Waals surface area contributed by atoms with Crippen molar-refractivity contribution >= 4 is 11.8 Å². The monoisotopic (exact) mass is 365 g/mol. The van der Waals surface area contributed by atoms with E-state index < -0.39 is 24.3 Å². The maximum Gasteiger partial charge on any atom is 0.281 e. The van der Waals surface area contributed by atoms with E-state index in [4.69, 9.17) is 10.00 Å². The van der Waals surface area contributed by atoms with Gasteiger partial charge in [0.1, 0.15) is 23.4 Å². The average molecular weight is 365 g/mol. The quantitative estimate of drug-likeness (QED) is 0.798. The lowest BCUT2D eigenvalue weighted by Crippen LogP contribution is -2.21. The van der Waals surface area contributed by atoms with Crippen LogP contribution in [-0.4, -0.2) is 17.3 Å². The summed E-state index contributed by atoms with van der Waals surface area (Å²) in [6.45, 7) is 1.73. The lowest BCUT2D eigenvalue weighted by molar-refractivity contribution is -0.0976. The summed E-state index contributed by atoms with van der Waals surface area (Å²) in [6, 6.07) is 6.87. The topological polar surface area (TPSA) is 53.2 Å². The van der Waals surface area contributed by atoms with Gasteiger partial charge in [-0.15, -0.1) is 11.8 Å². The minimum absolute atomic E-state index is 0.0414. The maximum absolute atomic E-state index is 14.1. The molecule has 2 aromatic rings. The Balaban J connectivity index is 2.12. The number of rotatable bonds is 3. The lowest BCUT2D eigenvalue weighted by Gasteiger charge is -2.17. The molecule has 3 nitrogen and oxygen atoms in total. The first kappa shape index (κ1) is 17.6. The van der Waals surface area contributed by atoms with Gasteiger partial charge in [-0.25, -0.2) is 13.2 Å². The Morgan fingerprint density at radius 1 is 1.32 bits per heavy atom. The SMILES string of the molecule is CSc1c(C)cc(Oc2cc(F)cc(C#N)c2)c2c1C(O)C(F)(F)C2. The molecule has 1 N–H and O–H groups in total. The number of nitriles is 1. The molecule has 130 valence electrons. The van der Waals surface area contributed by atoms with Crippen molar-refractivity contribution in [3.63, 3.8) is 0 Å². The van der Waals surface area contributed by atoms with Crippen LogP contribution in [0.1, 0.15) is 28.4 Å². The molecule has 0 amide bonds. The number of alkyl halides is 2. The highest BCUT2D eigenvalue weighted by molar-refractivity contribution is 7.98. The molecule has 0 bridgehead atoms. The minimum Gasteiger partial charge on any atom is -0.457 e. The van der Waals surface area contributed by atoms with Gasteiger partial charge in [-0.1, -0.05) is 0 Å². The maximum atomic E-state index is 14.1. The van der Waals surface area contributed by atoms with Crippen molar-refractivity contribution in [3.05, 3.63) is 52.3 Å². The van der Waals surface area contributed by atoms with Gasteiger partial charge in [0.05, 0.1) is 11.6 Å². The zero-order chi connectivity index (χ0) is 18.4. The van der Waals surface area contributed by atoms with E-state index in [-0.39, 0.29) is 28.2 Å². The second-order valence-electron chi connectivity index (χ2n) is 5.85. The summed E-state index contributed by atoms with van der Waals surface area (Å²) in [6.07, 6.45) is -0.820. The van der Waals surface area contributed by atoms with Gasteiger partial charge in [0.25, 0.3) is 5.92 Å². The molecule has 2 aromatic carbocycles. The van der Waals surface area contributed by atoms with Crippen LogP contribution in [0.5, 0.6) is 11.5 Å². The van der Waals surface area contributed by atoms with Crippen LogP contribution < -0.4 is 4.74 Å². The third-order valence-corrected chi connectivity index (χ3v) is 5.04. The summed E-state index contributed by atoms with van der Waals surface area (Å²) in [5, 5.41) is 19.0. The van der Waals surface area contributed by atoms with E-state index >= 15 is 0 Å². The Bertz CT molecular complexity index is 893. The van der Waals surface area contributed by atoms with Crippen molar-refractivity contribution < 1.29 is 23.0 Å². The lowest BCUT2D eigenvalue weighted by atomic mass is 10.0. The number of aliphatic hydroxyl groups excluding tert-OH is 1. The number of nitrogens with zero attached hydrogens (tertiary/aromatic N) is 1. The smallest absolute Gasteiger partial charge is 0.281 e. The van der Waals surface area contributed by atoms with Gasteiger partial charge in [0.2, 0.25) is 0 Å². The van der Waals surface area contributed by atoms with Crippen LogP contribution in [0.3, 0.4) is 0 Å². The molecule has 0 radical (unpaired) electrons. The zero-order valence-electron chi connectivity index (χ0n) is 13.4. The second kappa shape index (κ2) is 6.28. The standard InChI is InChI=1S/C18H14F3NO2S/c1-9-3-14(24-12-5-10(8-22)4-11(19)6-12)13-7-18(20,21)17(23)15(13)16(9)25-2/h3-6,17,23H,7H2,1-2H3. The van der Waals surface area contributed by atoms with Crippen LogP contribution in [-0.2, 0) is 6.42 Å². The number of aryl methyl sites for hydroxylation is 1. The summed E-state index contributed by atoms with van der Waals surface area (Å²) < 4.78 is 47.3. The highest BCUT2D eigenvalue weighted by Gasteiger charge is 2.49. The number of thioether (sulfide) groups is 1. The highest BCUT2D eigenvalue weighted by Crippen LogP contribution is 2.51. The van der Waals surface area contributed by atoms with Crippen LogP contribution in [0, 0.1) is 24.1 Å². The van der Waals surface area contributed by atoms with Gasteiger partial charge in [0, 0.05) is 28.5 Å². The fraction of sp³-hybridized carbons (Fsp3) is 0.278. The Hall–Kier alpha value is -2.17. The molecule has 1 aliphatic carbocycles. The molecule has 0 fully saturated rings. The molecule has 0 saturated carbocycles. The Morgan fingerprint density at radius 2 is 2.04 bits per heavy atom. The Labute approximate surface area is 147 Å². The van der Waals surface area contributed by atoms with Gasteiger partial charge >= 0.3 is 0 Å². The van der Waals surface area contributed by atoms with E-state index in [9.17, 15) is 18.3 Å².